The second-order valence-corrected chi connectivity index (χ2v) is 5.08. The molecule has 1 aromatic heterocycles. The second kappa shape index (κ2) is 6.17. The summed E-state index contributed by atoms with van der Waals surface area (Å²) in [5.74, 6) is -0.487. The van der Waals surface area contributed by atoms with Crippen molar-refractivity contribution >= 4 is 11.8 Å². The Labute approximate surface area is 118 Å². The first-order valence-corrected chi connectivity index (χ1v) is 6.98. The fraction of sp³-hybridized carbons (Fsp3) is 0.643. The SMILES string of the molecule is CCOC1CCCN(c2nnc(C)c(C)c2C(=O)O)C1. The quantitative estimate of drug-likeness (QED) is 0.905. The molecular formula is C14H21N3O3. The minimum absolute atomic E-state index is 0.138. The van der Waals surface area contributed by atoms with E-state index in [1.807, 2.05) is 11.8 Å². The van der Waals surface area contributed by atoms with Crippen LogP contribution in [0.15, 0.2) is 0 Å². The molecule has 6 nitrogen and oxygen atoms in total. The molecule has 0 saturated carbocycles. The van der Waals surface area contributed by atoms with E-state index in [1.165, 1.54) is 0 Å². The monoisotopic (exact) mass is 279 g/mol. The topological polar surface area (TPSA) is 75.5 Å². The first-order chi connectivity index (χ1) is 9.54. The number of anilines is 1. The van der Waals surface area contributed by atoms with Gasteiger partial charge in [-0.05, 0) is 39.2 Å². The zero-order chi connectivity index (χ0) is 14.7. The number of aryl methyl sites for hydroxylation is 1. The van der Waals surface area contributed by atoms with Crippen molar-refractivity contribution in [3.05, 3.63) is 16.8 Å². The minimum atomic E-state index is -0.950. The third-order valence-electron chi connectivity index (χ3n) is 3.73. The summed E-state index contributed by atoms with van der Waals surface area (Å²) in [6.45, 7) is 7.66. The van der Waals surface area contributed by atoms with Gasteiger partial charge in [0.1, 0.15) is 5.56 Å². The highest BCUT2D eigenvalue weighted by Gasteiger charge is 2.27. The number of carboxylic acids is 1. The van der Waals surface area contributed by atoms with Crippen molar-refractivity contribution in [3.8, 4) is 0 Å². The molecule has 0 amide bonds. The lowest BCUT2D eigenvalue weighted by Gasteiger charge is -2.33. The minimum Gasteiger partial charge on any atom is -0.478 e. The predicted molar refractivity (Wildman–Crippen MR) is 75.3 cm³/mol. The van der Waals surface area contributed by atoms with Crippen LogP contribution in [0, 0.1) is 13.8 Å². The van der Waals surface area contributed by atoms with Gasteiger partial charge in [-0.3, -0.25) is 0 Å². The molecule has 1 saturated heterocycles. The van der Waals surface area contributed by atoms with Gasteiger partial charge in [0.15, 0.2) is 5.82 Å². The number of aromatic nitrogens is 2. The fourth-order valence-electron chi connectivity index (χ4n) is 2.58. The molecule has 0 bridgehead atoms. The number of piperidine rings is 1. The summed E-state index contributed by atoms with van der Waals surface area (Å²) in [6, 6.07) is 0. The van der Waals surface area contributed by atoms with Gasteiger partial charge in [0.25, 0.3) is 0 Å². The Balaban J connectivity index is 2.32. The molecular weight excluding hydrogens is 258 g/mol. The average molecular weight is 279 g/mol. The van der Waals surface area contributed by atoms with Gasteiger partial charge < -0.3 is 14.7 Å². The summed E-state index contributed by atoms with van der Waals surface area (Å²) in [7, 11) is 0. The Morgan fingerprint density at radius 2 is 2.20 bits per heavy atom. The van der Waals surface area contributed by atoms with Crippen molar-refractivity contribution < 1.29 is 14.6 Å². The van der Waals surface area contributed by atoms with Crippen molar-refractivity contribution in [2.75, 3.05) is 24.6 Å². The Kier molecular flexibility index (Phi) is 4.54. The van der Waals surface area contributed by atoms with E-state index in [0.717, 1.165) is 19.4 Å². The molecule has 1 unspecified atom stereocenters. The summed E-state index contributed by atoms with van der Waals surface area (Å²) in [5.41, 5.74) is 1.60. The van der Waals surface area contributed by atoms with E-state index < -0.39 is 5.97 Å². The highest BCUT2D eigenvalue weighted by Crippen LogP contribution is 2.25. The predicted octanol–water partition coefficient (Wildman–Crippen LogP) is 1.80. The molecule has 1 aliphatic heterocycles. The third-order valence-corrected chi connectivity index (χ3v) is 3.73. The average Bonchev–Trinajstić information content (AvgIpc) is 2.42. The number of aromatic carboxylic acids is 1. The summed E-state index contributed by atoms with van der Waals surface area (Å²) in [5, 5.41) is 17.6. The molecule has 1 aliphatic rings. The molecule has 0 aromatic carbocycles. The van der Waals surface area contributed by atoms with Crippen LogP contribution in [-0.4, -0.2) is 47.1 Å². The van der Waals surface area contributed by atoms with Crippen LogP contribution in [0.5, 0.6) is 0 Å². The van der Waals surface area contributed by atoms with Gasteiger partial charge in [-0.1, -0.05) is 0 Å². The summed E-state index contributed by atoms with van der Waals surface area (Å²) in [6.07, 6.45) is 2.11. The van der Waals surface area contributed by atoms with Gasteiger partial charge in [0.2, 0.25) is 0 Å². The van der Waals surface area contributed by atoms with E-state index in [9.17, 15) is 9.90 Å². The van der Waals surface area contributed by atoms with Gasteiger partial charge in [-0.25, -0.2) is 4.79 Å². The highest BCUT2D eigenvalue weighted by atomic mass is 16.5. The van der Waals surface area contributed by atoms with Crippen molar-refractivity contribution in [1.29, 1.82) is 0 Å². The molecule has 0 aliphatic carbocycles. The molecule has 6 heteroatoms. The van der Waals surface area contributed by atoms with Gasteiger partial charge in [0.05, 0.1) is 11.8 Å². The lowest BCUT2D eigenvalue weighted by molar-refractivity contribution is 0.0522. The summed E-state index contributed by atoms with van der Waals surface area (Å²) in [4.78, 5) is 13.5. The lowest BCUT2D eigenvalue weighted by Crippen LogP contribution is -2.41. The van der Waals surface area contributed by atoms with E-state index in [4.69, 9.17) is 4.74 Å². The van der Waals surface area contributed by atoms with Crippen LogP contribution in [0.1, 0.15) is 41.4 Å². The molecule has 20 heavy (non-hydrogen) atoms. The van der Waals surface area contributed by atoms with Crippen LogP contribution in [0.25, 0.3) is 0 Å². The van der Waals surface area contributed by atoms with Gasteiger partial charge in [0, 0.05) is 19.7 Å². The maximum Gasteiger partial charge on any atom is 0.339 e. The zero-order valence-corrected chi connectivity index (χ0v) is 12.2. The Hall–Kier alpha value is -1.69. The highest BCUT2D eigenvalue weighted by molar-refractivity contribution is 5.95. The molecule has 1 fully saturated rings. The Morgan fingerprint density at radius 1 is 1.45 bits per heavy atom. The molecule has 0 radical (unpaired) electrons. The van der Waals surface area contributed by atoms with Gasteiger partial charge in [-0.15, -0.1) is 5.10 Å². The fourth-order valence-corrected chi connectivity index (χ4v) is 2.58. The van der Waals surface area contributed by atoms with Crippen molar-refractivity contribution in [2.45, 2.75) is 39.7 Å². The molecule has 1 atom stereocenters. The lowest BCUT2D eigenvalue weighted by atomic mass is 10.0. The maximum atomic E-state index is 11.5. The molecule has 2 rings (SSSR count). The molecule has 2 heterocycles. The summed E-state index contributed by atoms with van der Waals surface area (Å²) >= 11 is 0. The van der Waals surface area contributed by atoms with E-state index in [1.54, 1.807) is 13.8 Å². The van der Waals surface area contributed by atoms with E-state index >= 15 is 0 Å². The number of rotatable bonds is 4. The number of carboxylic acid groups (broad SMARTS) is 1. The number of ether oxygens (including phenoxy) is 1. The smallest absolute Gasteiger partial charge is 0.339 e. The molecule has 1 aromatic rings. The Morgan fingerprint density at radius 3 is 2.85 bits per heavy atom. The van der Waals surface area contributed by atoms with E-state index in [-0.39, 0.29) is 11.7 Å². The molecule has 110 valence electrons. The van der Waals surface area contributed by atoms with Crippen LogP contribution < -0.4 is 4.90 Å². The number of nitrogens with zero attached hydrogens (tertiary/aromatic N) is 3. The second-order valence-electron chi connectivity index (χ2n) is 5.08. The van der Waals surface area contributed by atoms with E-state index in [0.29, 0.717) is 30.2 Å². The van der Waals surface area contributed by atoms with Crippen LogP contribution >= 0.6 is 0 Å². The van der Waals surface area contributed by atoms with Crippen LogP contribution in [0.4, 0.5) is 5.82 Å². The van der Waals surface area contributed by atoms with Crippen molar-refractivity contribution in [2.24, 2.45) is 0 Å². The maximum absolute atomic E-state index is 11.5. The molecule has 1 N–H and O–H groups in total. The largest absolute Gasteiger partial charge is 0.478 e. The third kappa shape index (κ3) is 2.90. The van der Waals surface area contributed by atoms with Gasteiger partial charge in [-0.2, -0.15) is 5.10 Å². The van der Waals surface area contributed by atoms with Crippen molar-refractivity contribution in [3.63, 3.8) is 0 Å². The first-order valence-electron chi connectivity index (χ1n) is 6.98. The van der Waals surface area contributed by atoms with Crippen LogP contribution in [0.2, 0.25) is 0 Å². The van der Waals surface area contributed by atoms with Crippen LogP contribution in [-0.2, 0) is 4.74 Å². The van der Waals surface area contributed by atoms with Crippen LogP contribution in [0.3, 0.4) is 0 Å². The summed E-state index contributed by atoms with van der Waals surface area (Å²) < 4.78 is 5.65. The van der Waals surface area contributed by atoms with Crippen molar-refractivity contribution in [1.82, 2.24) is 10.2 Å². The Bertz CT molecular complexity index is 503. The zero-order valence-electron chi connectivity index (χ0n) is 12.2. The standard InChI is InChI=1S/C14H21N3O3/c1-4-20-11-6-5-7-17(8-11)13-12(14(18)19)9(2)10(3)15-16-13/h11H,4-8H2,1-3H3,(H,18,19). The number of hydrogen-bond donors (Lipinski definition) is 1. The number of hydrogen-bond acceptors (Lipinski definition) is 5. The molecule has 0 spiro atoms. The number of carbonyl (C=O) groups is 1. The normalized spacial score (nSPS) is 19.1. The first kappa shape index (κ1) is 14.7. The van der Waals surface area contributed by atoms with Gasteiger partial charge >= 0.3 is 5.97 Å². The van der Waals surface area contributed by atoms with E-state index in [2.05, 4.69) is 10.2 Å².